The van der Waals surface area contributed by atoms with E-state index in [2.05, 4.69) is 4.98 Å². The van der Waals surface area contributed by atoms with Crippen LogP contribution in [0.5, 0.6) is 0 Å². The van der Waals surface area contributed by atoms with E-state index in [9.17, 15) is 14.4 Å². The fourth-order valence-corrected chi connectivity index (χ4v) is 3.99. The molecule has 1 amide bonds. The van der Waals surface area contributed by atoms with Gasteiger partial charge in [0.2, 0.25) is 0 Å². The van der Waals surface area contributed by atoms with Gasteiger partial charge < -0.3 is 14.6 Å². The number of methoxy groups -OCH3 is 1. The van der Waals surface area contributed by atoms with Gasteiger partial charge in [-0.05, 0) is 56.5 Å². The second kappa shape index (κ2) is 7.68. The number of aromatic nitrogens is 1. The molecule has 7 heteroatoms. The molecule has 0 saturated heterocycles. The van der Waals surface area contributed by atoms with E-state index in [1.807, 2.05) is 11.4 Å². The van der Waals surface area contributed by atoms with E-state index >= 15 is 0 Å². The number of thiophene rings is 1. The number of hydrogen-bond acceptors (Lipinski definition) is 5. The third kappa shape index (κ3) is 3.83. The van der Waals surface area contributed by atoms with Crippen molar-refractivity contribution in [2.45, 2.75) is 39.7 Å². The summed E-state index contributed by atoms with van der Waals surface area (Å²) in [6.45, 7) is 5.82. The molecular weight excluding hydrogens is 364 g/mol. The van der Waals surface area contributed by atoms with Gasteiger partial charge in [0, 0.05) is 17.8 Å². The smallest absolute Gasteiger partial charge is 0.354 e. The quantitative estimate of drug-likeness (QED) is 0.580. The Bertz CT molecular complexity index is 865. The largest absolute Gasteiger partial charge is 0.464 e. The maximum atomic E-state index is 13.3. The molecule has 6 nitrogen and oxygen atoms in total. The molecule has 0 radical (unpaired) electrons. The molecule has 144 valence electrons. The Labute approximate surface area is 162 Å². The predicted molar refractivity (Wildman–Crippen MR) is 103 cm³/mol. The van der Waals surface area contributed by atoms with Gasteiger partial charge in [0.1, 0.15) is 5.69 Å². The summed E-state index contributed by atoms with van der Waals surface area (Å²) in [7, 11) is 1.30. The van der Waals surface area contributed by atoms with E-state index in [4.69, 9.17) is 4.74 Å². The maximum absolute atomic E-state index is 13.3. The summed E-state index contributed by atoms with van der Waals surface area (Å²) >= 11 is 1.38. The van der Waals surface area contributed by atoms with Gasteiger partial charge in [0.25, 0.3) is 5.91 Å². The van der Waals surface area contributed by atoms with E-state index in [1.165, 1.54) is 18.4 Å². The topological polar surface area (TPSA) is 79.5 Å². The molecule has 0 spiro atoms. The Morgan fingerprint density at radius 2 is 2.04 bits per heavy atom. The van der Waals surface area contributed by atoms with E-state index in [1.54, 1.807) is 31.7 Å². The highest BCUT2D eigenvalue weighted by atomic mass is 32.1. The van der Waals surface area contributed by atoms with Gasteiger partial charge in [-0.1, -0.05) is 6.07 Å². The highest BCUT2D eigenvalue weighted by Crippen LogP contribution is 2.32. The Kier molecular flexibility index (Phi) is 5.51. The van der Waals surface area contributed by atoms with Crippen LogP contribution >= 0.6 is 11.3 Å². The third-order valence-corrected chi connectivity index (χ3v) is 5.92. The summed E-state index contributed by atoms with van der Waals surface area (Å²) in [6, 6.07) is 3.01. The Balaban J connectivity index is 1.91. The lowest BCUT2D eigenvalue weighted by atomic mass is 9.99. The molecule has 27 heavy (non-hydrogen) atoms. The number of carbonyl (C=O) groups excluding carboxylic acids is 3. The van der Waals surface area contributed by atoms with Crippen molar-refractivity contribution in [1.29, 1.82) is 0 Å². The fourth-order valence-electron chi connectivity index (χ4n) is 3.31. The fraction of sp³-hybridized carbons (Fsp3) is 0.450. The average molecular weight is 388 g/mol. The lowest BCUT2D eigenvalue weighted by molar-refractivity contribution is 0.0592. The van der Waals surface area contributed by atoms with Gasteiger partial charge in [-0.25, -0.2) is 4.79 Å². The van der Waals surface area contributed by atoms with E-state index in [0.29, 0.717) is 34.2 Å². The van der Waals surface area contributed by atoms with Crippen molar-refractivity contribution in [3.63, 3.8) is 0 Å². The number of carbonyl (C=O) groups is 3. The first-order valence-electron chi connectivity index (χ1n) is 9.01. The van der Waals surface area contributed by atoms with Gasteiger partial charge in [-0.15, -0.1) is 11.3 Å². The molecule has 3 rings (SSSR count). The van der Waals surface area contributed by atoms with Crippen LogP contribution in [0, 0.1) is 19.8 Å². The molecular formula is C20H24N2O4S. The van der Waals surface area contributed by atoms with Crippen molar-refractivity contribution >= 4 is 29.0 Å². The van der Waals surface area contributed by atoms with Gasteiger partial charge >= 0.3 is 5.97 Å². The minimum atomic E-state index is -0.612. The third-order valence-electron chi connectivity index (χ3n) is 5.07. The summed E-state index contributed by atoms with van der Waals surface area (Å²) < 4.78 is 4.78. The molecule has 0 aliphatic heterocycles. The van der Waals surface area contributed by atoms with Crippen LogP contribution in [0.1, 0.15) is 61.5 Å². The zero-order chi connectivity index (χ0) is 19.7. The maximum Gasteiger partial charge on any atom is 0.354 e. The first-order chi connectivity index (χ1) is 12.8. The van der Waals surface area contributed by atoms with Gasteiger partial charge in [-0.3, -0.25) is 9.59 Å². The molecule has 1 atom stereocenters. The van der Waals surface area contributed by atoms with Gasteiger partial charge in [0.15, 0.2) is 5.78 Å². The number of nitrogens with zero attached hydrogens (tertiary/aromatic N) is 1. The number of Topliss-reactive ketones (excluding diaryl/α,β-unsaturated/α-hetero) is 1. The molecule has 1 unspecified atom stereocenters. The van der Waals surface area contributed by atoms with Crippen molar-refractivity contribution in [2.24, 2.45) is 5.92 Å². The van der Waals surface area contributed by atoms with E-state index in [0.717, 1.165) is 12.8 Å². The van der Waals surface area contributed by atoms with Gasteiger partial charge in [0.05, 0.1) is 18.0 Å². The van der Waals surface area contributed by atoms with Crippen molar-refractivity contribution in [1.82, 2.24) is 9.88 Å². The number of nitrogens with one attached hydrogen (secondary N) is 1. The molecule has 0 aromatic carbocycles. The minimum Gasteiger partial charge on any atom is -0.464 e. The van der Waals surface area contributed by atoms with Crippen LogP contribution in [0.25, 0.3) is 0 Å². The monoisotopic (exact) mass is 388 g/mol. The SMILES string of the molecule is COC(=O)c1[nH]c(C)c(C(=O)C(C)N(CC2CC2)C(=O)c2cccs2)c1C. The molecule has 2 aromatic rings. The molecule has 0 bridgehead atoms. The highest BCUT2D eigenvalue weighted by molar-refractivity contribution is 7.12. The van der Waals surface area contributed by atoms with Crippen LogP contribution in [-0.2, 0) is 4.74 Å². The number of hydrogen-bond donors (Lipinski definition) is 1. The van der Waals surface area contributed by atoms with Crippen molar-refractivity contribution in [3.8, 4) is 0 Å². The first kappa shape index (κ1) is 19.4. The zero-order valence-corrected chi connectivity index (χ0v) is 16.8. The zero-order valence-electron chi connectivity index (χ0n) is 16.0. The number of H-pyrrole nitrogens is 1. The molecule has 1 saturated carbocycles. The van der Waals surface area contributed by atoms with Crippen LogP contribution in [-0.4, -0.2) is 47.2 Å². The number of amides is 1. The van der Waals surface area contributed by atoms with Crippen molar-refractivity contribution < 1.29 is 19.1 Å². The summed E-state index contributed by atoms with van der Waals surface area (Å²) in [5.41, 5.74) is 1.91. The first-order valence-corrected chi connectivity index (χ1v) is 9.89. The normalized spacial score (nSPS) is 14.7. The summed E-state index contributed by atoms with van der Waals surface area (Å²) in [4.78, 5) is 43.4. The standard InChI is InChI=1S/C20H24N2O4S/c1-11-16(12(2)21-17(11)20(25)26-4)18(23)13(3)22(10-14-7-8-14)19(24)15-6-5-9-27-15/h5-6,9,13-14,21H,7-8,10H2,1-4H3. The Hall–Kier alpha value is -2.41. The Morgan fingerprint density at radius 3 is 2.59 bits per heavy atom. The lowest BCUT2D eigenvalue weighted by Gasteiger charge is -2.28. The second-order valence-electron chi connectivity index (χ2n) is 7.03. The summed E-state index contributed by atoms with van der Waals surface area (Å²) in [5, 5.41) is 1.86. The van der Waals surface area contributed by atoms with Crippen LogP contribution < -0.4 is 0 Å². The van der Waals surface area contributed by atoms with E-state index in [-0.39, 0.29) is 17.4 Å². The molecule has 1 aliphatic carbocycles. The highest BCUT2D eigenvalue weighted by Gasteiger charge is 2.35. The molecule has 1 aliphatic rings. The number of rotatable bonds is 7. The van der Waals surface area contributed by atoms with Crippen LogP contribution in [0.4, 0.5) is 0 Å². The van der Waals surface area contributed by atoms with Crippen LogP contribution in [0.15, 0.2) is 17.5 Å². The average Bonchev–Trinajstić information content (AvgIpc) is 3.20. The molecule has 1 N–H and O–H groups in total. The van der Waals surface area contributed by atoms with Crippen LogP contribution in [0.2, 0.25) is 0 Å². The summed E-state index contributed by atoms with van der Waals surface area (Å²) in [5.74, 6) is -0.325. The minimum absolute atomic E-state index is 0.114. The predicted octanol–water partition coefficient (Wildman–Crippen LogP) is 3.60. The van der Waals surface area contributed by atoms with E-state index < -0.39 is 12.0 Å². The molecule has 2 aromatic heterocycles. The Morgan fingerprint density at radius 1 is 1.33 bits per heavy atom. The molecule has 2 heterocycles. The number of aryl methyl sites for hydroxylation is 1. The number of ketones is 1. The second-order valence-corrected chi connectivity index (χ2v) is 7.98. The van der Waals surface area contributed by atoms with Crippen molar-refractivity contribution in [2.75, 3.05) is 13.7 Å². The summed E-state index contributed by atoms with van der Waals surface area (Å²) in [6.07, 6.45) is 2.17. The number of ether oxygens (including phenoxy) is 1. The number of esters is 1. The lowest BCUT2D eigenvalue weighted by Crippen LogP contribution is -2.44. The molecule has 1 fully saturated rings. The van der Waals surface area contributed by atoms with Crippen LogP contribution in [0.3, 0.4) is 0 Å². The van der Waals surface area contributed by atoms with Crippen molar-refractivity contribution in [3.05, 3.63) is 44.9 Å². The number of aromatic amines is 1. The van der Waals surface area contributed by atoms with Gasteiger partial charge in [-0.2, -0.15) is 0 Å².